The predicted octanol–water partition coefficient (Wildman–Crippen LogP) is 10.8. The summed E-state index contributed by atoms with van der Waals surface area (Å²) in [4.78, 5) is 2.40. The van der Waals surface area contributed by atoms with E-state index >= 15 is 0 Å². The molecule has 0 aliphatic rings. The molecule has 0 unspecified atom stereocenters. The largest absolute Gasteiger partial charge is 0.310 e. The maximum atomic E-state index is 2.40. The van der Waals surface area contributed by atoms with Crippen molar-refractivity contribution in [1.29, 1.82) is 0 Å². The van der Waals surface area contributed by atoms with Gasteiger partial charge in [-0.2, -0.15) is 0 Å². The topological polar surface area (TPSA) is 3.24 Å². The Bertz CT molecular complexity index is 1890. The highest BCUT2D eigenvalue weighted by Gasteiger charge is 2.19. The zero-order valence-corrected chi connectivity index (χ0v) is 21.5. The van der Waals surface area contributed by atoms with Crippen LogP contribution in [0.25, 0.3) is 43.8 Å². The number of hydrogen-bond donors (Lipinski definition) is 0. The number of hydrogen-bond acceptors (Lipinski definition) is 1. The molecule has 0 radical (unpaired) electrons. The van der Waals surface area contributed by atoms with E-state index in [0.29, 0.717) is 0 Å². The minimum Gasteiger partial charge on any atom is -0.310 e. The molecule has 0 amide bonds. The van der Waals surface area contributed by atoms with Crippen molar-refractivity contribution < 1.29 is 0 Å². The Balaban J connectivity index is 1.52. The standard InChI is InChI=1S/C38H27N/c1-4-14-28(15-5-1)34-25-24-32(27-37(34)29-16-6-2-7-17-29)39(31-19-8-3-9-20-31)38-26-30-18-10-11-21-33(30)35-22-12-13-23-36(35)38/h1-27H. The van der Waals surface area contributed by atoms with Gasteiger partial charge in [0.15, 0.2) is 0 Å². The molecule has 184 valence electrons. The van der Waals surface area contributed by atoms with Crippen LogP contribution < -0.4 is 4.90 Å². The first-order chi connectivity index (χ1) is 19.4. The van der Waals surface area contributed by atoms with Gasteiger partial charge in [-0.05, 0) is 68.7 Å². The second kappa shape index (κ2) is 9.96. The molecule has 0 fully saturated rings. The fraction of sp³-hybridized carbons (Fsp3) is 0. The van der Waals surface area contributed by atoms with E-state index in [2.05, 4.69) is 169 Å². The highest BCUT2D eigenvalue weighted by molar-refractivity contribution is 6.14. The van der Waals surface area contributed by atoms with E-state index in [1.54, 1.807) is 0 Å². The van der Waals surface area contributed by atoms with Crippen LogP contribution in [0.4, 0.5) is 17.1 Å². The minimum absolute atomic E-state index is 1.13. The van der Waals surface area contributed by atoms with Crippen LogP contribution in [0.2, 0.25) is 0 Å². The summed E-state index contributed by atoms with van der Waals surface area (Å²) in [6.07, 6.45) is 0. The van der Waals surface area contributed by atoms with Gasteiger partial charge in [0, 0.05) is 16.8 Å². The first-order valence-corrected chi connectivity index (χ1v) is 13.4. The first kappa shape index (κ1) is 23.0. The normalized spacial score (nSPS) is 11.1. The molecule has 0 aromatic heterocycles. The van der Waals surface area contributed by atoms with Crippen LogP contribution in [-0.2, 0) is 0 Å². The zero-order chi connectivity index (χ0) is 26.0. The van der Waals surface area contributed by atoms with E-state index in [0.717, 1.165) is 11.4 Å². The lowest BCUT2D eigenvalue weighted by Gasteiger charge is -2.28. The Morgan fingerprint density at radius 2 is 0.872 bits per heavy atom. The lowest BCUT2D eigenvalue weighted by atomic mass is 9.93. The van der Waals surface area contributed by atoms with E-state index in [4.69, 9.17) is 0 Å². The smallest absolute Gasteiger partial charge is 0.0546 e. The lowest BCUT2D eigenvalue weighted by Crippen LogP contribution is -2.11. The summed E-state index contributed by atoms with van der Waals surface area (Å²) in [7, 11) is 0. The first-order valence-electron chi connectivity index (χ1n) is 13.4. The quantitative estimate of drug-likeness (QED) is 0.214. The van der Waals surface area contributed by atoms with Crippen molar-refractivity contribution in [3.8, 4) is 22.3 Å². The van der Waals surface area contributed by atoms with E-state index in [9.17, 15) is 0 Å². The van der Waals surface area contributed by atoms with E-state index in [1.807, 2.05) is 0 Å². The molecule has 0 N–H and O–H groups in total. The molecule has 1 heteroatoms. The van der Waals surface area contributed by atoms with Crippen molar-refractivity contribution in [3.63, 3.8) is 0 Å². The number of rotatable bonds is 5. The Labute approximate surface area is 229 Å². The molecular weight excluding hydrogens is 470 g/mol. The molecule has 1 nitrogen and oxygen atoms in total. The van der Waals surface area contributed by atoms with Crippen LogP contribution in [0.15, 0.2) is 164 Å². The molecule has 7 aromatic carbocycles. The van der Waals surface area contributed by atoms with E-state index < -0.39 is 0 Å². The second-order valence-corrected chi connectivity index (χ2v) is 9.80. The minimum atomic E-state index is 1.13. The molecule has 0 aliphatic heterocycles. The summed E-state index contributed by atoms with van der Waals surface area (Å²) in [6, 6.07) is 58.7. The monoisotopic (exact) mass is 497 g/mol. The third kappa shape index (κ3) is 4.24. The number of benzene rings is 7. The van der Waals surface area contributed by atoms with Gasteiger partial charge in [0.25, 0.3) is 0 Å². The average Bonchev–Trinajstić information content (AvgIpc) is 3.02. The summed E-state index contributed by atoms with van der Waals surface area (Å²) in [5, 5.41) is 5.00. The second-order valence-electron chi connectivity index (χ2n) is 9.80. The highest BCUT2D eigenvalue weighted by atomic mass is 15.1. The number of fused-ring (bicyclic) bond motifs is 3. The molecule has 0 aliphatic carbocycles. The van der Waals surface area contributed by atoms with Gasteiger partial charge >= 0.3 is 0 Å². The van der Waals surface area contributed by atoms with Crippen LogP contribution in [0.1, 0.15) is 0 Å². The molecule has 0 atom stereocenters. The summed E-state index contributed by atoms with van der Waals surface area (Å²) in [6.45, 7) is 0. The lowest BCUT2D eigenvalue weighted by molar-refractivity contribution is 1.30. The number of nitrogens with zero attached hydrogens (tertiary/aromatic N) is 1. The third-order valence-electron chi connectivity index (χ3n) is 7.43. The molecular formula is C38H27N. The highest BCUT2D eigenvalue weighted by Crippen LogP contribution is 2.44. The number of anilines is 3. The third-order valence-corrected chi connectivity index (χ3v) is 7.43. The Morgan fingerprint density at radius 1 is 0.333 bits per heavy atom. The van der Waals surface area contributed by atoms with Gasteiger partial charge in [-0.15, -0.1) is 0 Å². The van der Waals surface area contributed by atoms with Crippen molar-refractivity contribution in [2.75, 3.05) is 4.90 Å². The molecule has 7 rings (SSSR count). The maximum absolute atomic E-state index is 2.40. The molecule has 7 aromatic rings. The molecule has 0 spiro atoms. The molecule has 0 saturated carbocycles. The van der Waals surface area contributed by atoms with Gasteiger partial charge in [-0.1, -0.05) is 133 Å². The van der Waals surface area contributed by atoms with Crippen molar-refractivity contribution in [3.05, 3.63) is 164 Å². The van der Waals surface area contributed by atoms with Crippen molar-refractivity contribution in [2.24, 2.45) is 0 Å². The summed E-state index contributed by atoms with van der Waals surface area (Å²) >= 11 is 0. The molecule has 0 saturated heterocycles. The van der Waals surface area contributed by atoms with E-state index in [1.165, 1.54) is 49.5 Å². The molecule has 0 bridgehead atoms. The fourth-order valence-corrected chi connectivity index (χ4v) is 5.62. The van der Waals surface area contributed by atoms with Gasteiger partial charge in [0.1, 0.15) is 0 Å². The summed E-state index contributed by atoms with van der Waals surface area (Å²) in [5.41, 5.74) is 8.28. The van der Waals surface area contributed by atoms with Crippen LogP contribution in [0.5, 0.6) is 0 Å². The number of para-hydroxylation sites is 1. The van der Waals surface area contributed by atoms with Crippen LogP contribution >= 0.6 is 0 Å². The predicted molar refractivity (Wildman–Crippen MR) is 167 cm³/mol. The Morgan fingerprint density at radius 3 is 1.56 bits per heavy atom. The van der Waals surface area contributed by atoms with Gasteiger partial charge in [0.05, 0.1) is 5.69 Å². The van der Waals surface area contributed by atoms with Crippen LogP contribution in [0, 0.1) is 0 Å². The van der Waals surface area contributed by atoms with Crippen molar-refractivity contribution in [1.82, 2.24) is 0 Å². The van der Waals surface area contributed by atoms with Crippen LogP contribution in [-0.4, -0.2) is 0 Å². The van der Waals surface area contributed by atoms with Crippen molar-refractivity contribution in [2.45, 2.75) is 0 Å². The fourth-order valence-electron chi connectivity index (χ4n) is 5.62. The zero-order valence-electron chi connectivity index (χ0n) is 21.5. The van der Waals surface area contributed by atoms with Gasteiger partial charge in [-0.25, -0.2) is 0 Å². The Kier molecular flexibility index (Phi) is 5.88. The molecule has 0 heterocycles. The van der Waals surface area contributed by atoms with Crippen molar-refractivity contribution >= 4 is 38.6 Å². The maximum Gasteiger partial charge on any atom is 0.0546 e. The van der Waals surface area contributed by atoms with Crippen LogP contribution in [0.3, 0.4) is 0 Å². The SMILES string of the molecule is c1ccc(-c2ccc(N(c3ccccc3)c3cc4ccccc4c4ccccc34)cc2-c2ccccc2)cc1. The summed E-state index contributed by atoms with van der Waals surface area (Å²) < 4.78 is 0. The molecule has 39 heavy (non-hydrogen) atoms. The van der Waals surface area contributed by atoms with Gasteiger partial charge in [-0.3, -0.25) is 0 Å². The van der Waals surface area contributed by atoms with E-state index in [-0.39, 0.29) is 0 Å². The summed E-state index contributed by atoms with van der Waals surface area (Å²) in [5.74, 6) is 0. The van der Waals surface area contributed by atoms with Gasteiger partial charge in [0.2, 0.25) is 0 Å². The Hall–Kier alpha value is -5.14. The van der Waals surface area contributed by atoms with Gasteiger partial charge < -0.3 is 4.90 Å². The average molecular weight is 498 g/mol.